The predicted molar refractivity (Wildman–Crippen MR) is 104 cm³/mol. The number of aryl methyl sites for hydroxylation is 2. The number of halogens is 1. The summed E-state index contributed by atoms with van der Waals surface area (Å²) in [7, 11) is 0. The number of amides is 1. The Labute approximate surface area is 153 Å². The van der Waals surface area contributed by atoms with Crippen LogP contribution in [0.1, 0.15) is 24.5 Å². The molecule has 0 aliphatic rings. The van der Waals surface area contributed by atoms with Gasteiger partial charge >= 0.3 is 0 Å². The highest BCUT2D eigenvalue weighted by Gasteiger charge is 2.09. The van der Waals surface area contributed by atoms with Gasteiger partial charge in [-0.2, -0.15) is 0 Å². The summed E-state index contributed by atoms with van der Waals surface area (Å²) in [5.74, 6) is 0.0993. The van der Waals surface area contributed by atoms with Crippen molar-refractivity contribution in [2.24, 2.45) is 0 Å². The highest BCUT2D eigenvalue weighted by atomic mass is 35.5. The van der Waals surface area contributed by atoms with Crippen LogP contribution in [0.5, 0.6) is 0 Å². The summed E-state index contributed by atoms with van der Waals surface area (Å²) in [5.41, 5.74) is 3.66. The van der Waals surface area contributed by atoms with E-state index in [0.717, 1.165) is 24.4 Å². The highest BCUT2D eigenvalue weighted by molar-refractivity contribution is 6.30. The summed E-state index contributed by atoms with van der Waals surface area (Å²) >= 11 is 5.88. The van der Waals surface area contributed by atoms with E-state index >= 15 is 0 Å². The molecule has 0 aliphatic carbocycles. The Morgan fingerprint density at radius 1 is 1.08 bits per heavy atom. The van der Waals surface area contributed by atoms with Crippen LogP contribution >= 0.6 is 11.6 Å². The molecule has 1 heterocycles. The first-order valence-corrected chi connectivity index (χ1v) is 9.13. The number of fused-ring (bicyclic) bond motifs is 1. The van der Waals surface area contributed by atoms with Crippen LogP contribution in [0, 0.1) is 0 Å². The average molecular weight is 355 g/mol. The molecule has 0 atom stereocenters. The van der Waals surface area contributed by atoms with Crippen molar-refractivity contribution in [3.8, 4) is 0 Å². The third-order valence-electron chi connectivity index (χ3n) is 4.48. The van der Waals surface area contributed by atoms with Gasteiger partial charge in [0.15, 0.2) is 0 Å². The minimum absolute atomic E-state index is 0.0993. The van der Waals surface area contributed by atoms with Crippen molar-refractivity contribution >= 4 is 28.4 Å². The molecule has 25 heavy (non-hydrogen) atoms. The highest BCUT2D eigenvalue weighted by Crippen LogP contribution is 2.22. The number of aromatic nitrogens is 1. The van der Waals surface area contributed by atoms with Crippen LogP contribution in [0.4, 0.5) is 0 Å². The van der Waals surface area contributed by atoms with E-state index in [0.29, 0.717) is 13.0 Å². The molecule has 0 unspecified atom stereocenters. The fourth-order valence-corrected chi connectivity index (χ4v) is 3.24. The number of hydrogen-bond donors (Lipinski definition) is 1. The number of para-hydroxylation sites is 1. The third kappa shape index (κ3) is 4.43. The second-order valence-electron chi connectivity index (χ2n) is 6.18. The molecular formula is C21H23ClN2O. The van der Waals surface area contributed by atoms with Crippen molar-refractivity contribution in [3.63, 3.8) is 0 Å². The number of rotatable bonds is 7. The molecule has 2 aromatic carbocycles. The lowest BCUT2D eigenvalue weighted by atomic mass is 10.1. The molecule has 0 bridgehead atoms. The summed E-state index contributed by atoms with van der Waals surface area (Å²) in [4.78, 5) is 12.1. The molecule has 3 nitrogen and oxygen atoms in total. The lowest BCUT2D eigenvalue weighted by Gasteiger charge is -2.05. The lowest BCUT2D eigenvalue weighted by Crippen LogP contribution is -2.25. The van der Waals surface area contributed by atoms with Crippen molar-refractivity contribution in [2.45, 2.75) is 32.7 Å². The van der Waals surface area contributed by atoms with Crippen molar-refractivity contribution in [3.05, 3.63) is 70.9 Å². The van der Waals surface area contributed by atoms with Gasteiger partial charge in [0.25, 0.3) is 0 Å². The Balaban J connectivity index is 1.51. The smallest absolute Gasteiger partial charge is 0.220 e. The van der Waals surface area contributed by atoms with Crippen LogP contribution < -0.4 is 5.32 Å². The van der Waals surface area contributed by atoms with E-state index in [-0.39, 0.29) is 5.91 Å². The minimum Gasteiger partial charge on any atom is -0.356 e. The normalized spacial score (nSPS) is 11.0. The molecule has 0 fully saturated rings. The third-order valence-corrected chi connectivity index (χ3v) is 4.73. The van der Waals surface area contributed by atoms with Crippen molar-refractivity contribution in [1.29, 1.82) is 0 Å². The molecule has 3 aromatic rings. The average Bonchev–Trinajstić information content (AvgIpc) is 3.00. The largest absolute Gasteiger partial charge is 0.356 e. The van der Waals surface area contributed by atoms with Crippen LogP contribution in [0.3, 0.4) is 0 Å². The molecule has 1 amide bonds. The van der Waals surface area contributed by atoms with Gasteiger partial charge in [-0.1, -0.05) is 41.9 Å². The molecule has 130 valence electrons. The minimum atomic E-state index is 0.0993. The Morgan fingerprint density at radius 2 is 1.84 bits per heavy atom. The SMILES string of the molecule is CCn1cc(CCC(=O)NCCc2ccc(Cl)cc2)c2ccccc21. The van der Waals surface area contributed by atoms with Gasteiger partial charge in [0.1, 0.15) is 0 Å². The number of nitrogens with one attached hydrogen (secondary N) is 1. The standard InChI is InChI=1S/C21H23ClN2O/c1-2-24-15-17(19-5-3-4-6-20(19)24)9-12-21(25)23-14-13-16-7-10-18(22)11-8-16/h3-8,10-11,15H,2,9,12-14H2,1H3,(H,23,25). The number of carbonyl (C=O) groups excluding carboxylic acids is 1. The molecule has 0 radical (unpaired) electrons. The summed E-state index contributed by atoms with van der Waals surface area (Å²) in [6.45, 7) is 3.73. The second-order valence-corrected chi connectivity index (χ2v) is 6.62. The first kappa shape index (κ1) is 17.6. The Hall–Kier alpha value is -2.26. The van der Waals surface area contributed by atoms with Gasteiger partial charge in [-0.15, -0.1) is 0 Å². The van der Waals surface area contributed by atoms with E-state index in [1.807, 2.05) is 24.3 Å². The molecule has 0 saturated carbocycles. The quantitative estimate of drug-likeness (QED) is 0.660. The van der Waals surface area contributed by atoms with E-state index in [1.54, 1.807) is 0 Å². The summed E-state index contributed by atoms with van der Waals surface area (Å²) < 4.78 is 2.24. The predicted octanol–water partition coefficient (Wildman–Crippen LogP) is 4.61. The number of carbonyl (C=O) groups is 1. The molecule has 0 spiro atoms. The molecule has 3 rings (SSSR count). The van der Waals surface area contributed by atoms with Crippen molar-refractivity contribution in [1.82, 2.24) is 9.88 Å². The van der Waals surface area contributed by atoms with E-state index in [4.69, 9.17) is 11.6 Å². The molecular weight excluding hydrogens is 332 g/mol. The van der Waals surface area contributed by atoms with Gasteiger partial charge in [0, 0.05) is 41.6 Å². The number of hydrogen-bond acceptors (Lipinski definition) is 1. The van der Waals surface area contributed by atoms with Crippen LogP contribution in [0.25, 0.3) is 10.9 Å². The van der Waals surface area contributed by atoms with E-state index in [2.05, 4.69) is 47.3 Å². The molecule has 0 aliphatic heterocycles. The Morgan fingerprint density at radius 3 is 2.60 bits per heavy atom. The fraction of sp³-hybridized carbons (Fsp3) is 0.286. The number of benzene rings is 2. The molecule has 4 heteroatoms. The van der Waals surface area contributed by atoms with Crippen LogP contribution in [0.2, 0.25) is 5.02 Å². The van der Waals surface area contributed by atoms with Gasteiger partial charge in [-0.05, 0) is 49.1 Å². The van der Waals surface area contributed by atoms with Gasteiger partial charge in [-0.3, -0.25) is 4.79 Å². The summed E-state index contributed by atoms with van der Waals surface area (Å²) in [5, 5.41) is 4.99. The van der Waals surface area contributed by atoms with E-state index in [9.17, 15) is 4.79 Å². The zero-order valence-electron chi connectivity index (χ0n) is 14.5. The molecule has 1 N–H and O–H groups in total. The summed E-state index contributed by atoms with van der Waals surface area (Å²) in [6, 6.07) is 16.1. The second kappa shape index (κ2) is 8.21. The van der Waals surface area contributed by atoms with Gasteiger partial charge in [0.05, 0.1) is 0 Å². The molecule has 0 saturated heterocycles. The number of nitrogens with zero attached hydrogens (tertiary/aromatic N) is 1. The van der Waals surface area contributed by atoms with Gasteiger partial charge in [-0.25, -0.2) is 0 Å². The van der Waals surface area contributed by atoms with Crippen molar-refractivity contribution < 1.29 is 4.79 Å². The first-order chi connectivity index (χ1) is 12.2. The lowest BCUT2D eigenvalue weighted by molar-refractivity contribution is -0.121. The topological polar surface area (TPSA) is 34.0 Å². The van der Waals surface area contributed by atoms with Gasteiger partial charge < -0.3 is 9.88 Å². The molecule has 1 aromatic heterocycles. The Bertz CT molecular complexity index is 852. The zero-order chi connectivity index (χ0) is 17.6. The van der Waals surface area contributed by atoms with Gasteiger partial charge in [0.2, 0.25) is 5.91 Å². The maximum Gasteiger partial charge on any atom is 0.220 e. The zero-order valence-corrected chi connectivity index (χ0v) is 15.2. The maximum absolute atomic E-state index is 12.1. The van der Waals surface area contributed by atoms with E-state index in [1.165, 1.54) is 22.0 Å². The summed E-state index contributed by atoms with van der Waals surface area (Å²) in [6.07, 6.45) is 4.27. The van der Waals surface area contributed by atoms with Crippen LogP contribution in [-0.2, 0) is 24.2 Å². The monoisotopic (exact) mass is 354 g/mol. The van der Waals surface area contributed by atoms with E-state index < -0.39 is 0 Å². The van der Waals surface area contributed by atoms with Crippen LogP contribution in [0.15, 0.2) is 54.7 Å². The Kier molecular flexibility index (Phi) is 5.77. The fourth-order valence-electron chi connectivity index (χ4n) is 3.12. The first-order valence-electron chi connectivity index (χ1n) is 8.75. The van der Waals surface area contributed by atoms with Crippen molar-refractivity contribution in [2.75, 3.05) is 6.54 Å². The maximum atomic E-state index is 12.1. The van der Waals surface area contributed by atoms with Crippen LogP contribution in [-0.4, -0.2) is 17.0 Å².